The maximum absolute atomic E-state index is 5.90. The molecule has 0 saturated heterocycles. The summed E-state index contributed by atoms with van der Waals surface area (Å²) in [6, 6.07) is 5.68. The van der Waals surface area contributed by atoms with Crippen LogP contribution in [0.25, 0.3) is 0 Å². The van der Waals surface area contributed by atoms with E-state index in [1.165, 1.54) is 0 Å². The van der Waals surface area contributed by atoms with Crippen molar-refractivity contribution in [1.82, 2.24) is 10.3 Å². The van der Waals surface area contributed by atoms with Crippen molar-refractivity contribution in [3.63, 3.8) is 0 Å². The Hall–Kier alpha value is -1.40. The summed E-state index contributed by atoms with van der Waals surface area (Å²) in [5.74, 6) is 0.738. The van der Waals surface area contributed by atoms with Gasteiger partial charge >= 0.3 is 0 Å². The molecule has 5 nitrogen and oxygen atoms in total. The minimum Gasteiger partial charge on any atom is -0.487 e. The van der Waals surface area contributed by atoms with Crippen LogP contribution in [0.5, 0.6) is 5.75 Å². The normalized spacial score (nSPS) is 12.4. The fourth-order valence-electron chi connectivity index (χ4n) is 1.54. The minimum atomic E-state index is -0.0929. The van der Waals surface area contributed by atoms with E-state index in [1.54, 1.807) is 0 Å². The molecule has 1 atom stereocenters. The highest BCUT2D eigenvalue weighted by Crippen LogP contribution is 2.28. The summed E-state index contributed by atoms with van der Waals surface area (Å²) >= 11 is 3.41. The molecular formula is C12H14BrN3O2. The van der Waals surface area contributed by atoms with Gasteiger partial charge < -0.3 is 10.5 Å². The van der Waals surface area contributed by atoms with E-state index < -0.39 is 0 Å². The standard InChI is InChI=1S/C12H14BrN3O2/c1-7(14)10-4-3-9(13)5-12(10)17-6-11-8(2)15-18-16-11/h3-5,7H,6,14H2,1-2H3/t7-/m1/s1. The Morgan fingerprint density at radius 2 is 2.22 bits per heavy atom. The lowest BCUT2D eigenvalue weighted by Crippen LogP contribution is -2.08. The molecule has 2 aromatic rings. The highest BCUT2D eigenvalue weighted by molar-refractivity contribution is 9.10. The van der Waals surface area contributed by atoms with E-state index in [-0.39, 0.29) is 6.04 Å². The van der Waals surface area contributed by atoms with Crippen LogP contribution in [0.3, 0.4) is 0 Å². The van der Waals surface area contributed by atoms with Gasteiger partial charge in [-0.3, -0.25) is 0 Å². The third-order valence-electron chi connectivity index (χ3n) is 2.58. The maximum Gasteiger partial charge on any atom is 0.145 e. The number of halogens is 1. The second-order valence-corrected chi connectivity index (χ2v) is 4.97. The lowest BCUT2D eigenvalue weighted by Gasteiger charge is -2.13. The number of hydrogen-bond acceptors (Lipinski definition) is 5. The molecule has 0 fully saturated rings. The van der Waals surface area contributed by atoms with Gasteiger partial charge in [-0.05, 0) is 26.0 Å². The van der Waals surface area contributed by atoms with Crippen LogP contribution in [0.15, 0.2) is 27.3 Å². The zero-order valence-corrected chi connectivity index (χ0v) is 11.8. The summed E-state index contributed by atoms with van der Waals surface area (Å²) in [6.45, 7) is 4.05. The highest BCUT2D eigenvalue weighted by Gasteiger charge is 2.11. The number of hydrogen-bond donors (Lipinski definition) is 1. The Morgan fingerprint density at radius 1 is 1.44 bits per heavy atom. The molecule has 0 amide bonds. The lowest BCUT2D eigenvalue weighted by molar-refractivity contribution is 0.268. The monoisotopic (exact) mass is 311 g/mol. The minimum absolute atomic E-state index is 0.0929. The molecule has 6 heteroatoms. The molecule has 0 radical (unpaired) electrons. The number of aromatic nitrogens is 2. The highest BCUT2D eigenvalue weighted by atomic mass is 79.9. The first-order valence-electron chi connectivity index (χ1n) is 5.54. The van der Waals surface area contributed by atoms with E-state index in [0.717, 1.165) is 21.5 Å². The van der Waals surface area contributed by atoms with Crippen molar-refractivity contribution >= 4 is 15.9 Å². The van der Waals surface area contributed by atoms with Crippen LogP contribution >= 0.6 is 15.9 Å². The molecule has 0 saturated carbocycles. The second kappa shape index (κ2) is 5.49. The predicted molar refractivity (Wildman–Crippen MR) is 70.1 cm³/mol. The second-order valence-electron chi connectivity index (χ2n) is 4.06. The van der Waals surface area contributed by atoms with Gasteiger partial charge in [-0.15, -0.1) is 0 Å². The van der Waals surface area contributed by atoms with Crippen LogP contribution in [0, 0.1) is 6.92 Å². The molecule has 0 aliphatic rings. The average Bonchev–Trinajstić information content (AvgIpc) is 2.72. The van der Waals surface area contributed by atoms with Crippen LogP contribution < -0.4 is 10.5 Å². The molecule has 0 spiro atoms. The van der Waals surface area contributed by atoms with E-state index in [4.69, 9.17) is 10.5 Å². The van der Waals surface area contributed by atoms with Crippen molar-refractivity contribution in [3.05, 3.63) is 39.6 Å². The van der Waals surface area contributed by atoms with E-state index in [2.05, 4.69) is 30.9 Å². The number of aryl methyl sites for hydroxylation is 1. The molecule has 0 bridgehead atoms. The summed E-state index contributed by atoms with van der Waals surface area (Å²) in [7, 11) is 0. The number of ether oxygens (including phenoxy) is 1. The number of benzene rings is 1. The number of nitrogens with zero attached hydrogens (tertiary/aromatic N) is 2. The van der Waals surface area contributed by atoms with Gasteiger partial charge in [0.25, 0.3) is 0 Å². The lowest BCUT2D eigenvalue weighted by atomic mass is 10.1. The van der Waals surface area contributed by atoms with E-state index in [1.807, 2.05) is 32.0 Å². The summed E-state index contributed by atoms with van der Waals surface area (Å²) in [5.41, 5.74) is 8.27. The first-order valence-corrected chi connectivity index (χ1v) is 6.33. The van der Waals surface area contributed by atoms with Gasteiger partial charge in [-0.1, -0.05) is 32.3 Å². The van der Waals surface area contributed by atoms with Crippen molar-refractivity contribution in [3.8, 4) is 5.75 Å². The number of nitrogens with two attached hydrogens (primary N) is 1. The first kappa shape index (κ1) is 13.0. The fourth-order valence-corrected chi connectivity index (χ4v) is 1.88. The van der Waals surface area contributed by atoms with Gasteiger partial charge in [0.1, 0.15) is 23.7 Å². The van der Waals surface area contributed by atoms with Crippen LogP contribution in [0.1, 0.15) is 29.9 Å². The summed E-state index contributed by atoms with van der Waals surface area (Å²) in [4.78, 5) is 0. The van der Waals surface area contributed by atoms with Gasteiger partial charge in [-0.25, -0.2) is 4.63 Å². The molecule has 0 aliphatic carbocycles. The Morgan fingerprint density at radius 3 is 2.83 bits per heavy atom. The quantitative estimate of drug-likeness (QED) is 0.939. The molecule has 1 heterocycles. The van der Waals surface area contributed by atoms with Crippen LogP contribution in [-0.4, -0.2) is 10.3 Å². The van der Waals surface area contributed by atoms with Crippen LogP contribution in [-0.2, 0) is 6.61 Å². The van der Waals surface area contributed by atoms with Crippen molar-refractivity contribution in [2.45, 2.75) is 26.5 Å². The van der Waals surface area contributed by atoms with Crippen molar-refractivity contribution in [2.24, 2.45) is 5.73 Å². The Bertz CT molecular complexity index is 540. The van der Waals surface area contributed by atoms with Gasteiger partial charge in [0.05, 0.1) is 0 Å². The molecule has 0 unspecified atom stereocenters. The summed E-state index contributed by atoms with van der Waals surface area (Å²) in [5, 5.41) is 7.48. The van der Waals surface area contributed by atoms with E-state index >= 15 is 0 Å². The van der Waals surface area contributed by atoms with E-state index in [9.17, 15) is 0 Å². The zero-order valence-electron chi connectivity index (χ0n) is 10.2. The SMILES string of the molecule is Cc1nonc1COc1cc(Br)ccc1[C@@H](C)N. The molecule has 2 N–H and O–H groups in total. The number of rotatable bonds is 4. The van der Waals surface area contributed by atoms with E-state index in [0.29, 0.717) is 12.3 Å². The molecular weight excluding hydrogens is 298 g/mol. The Labute approximate surface area is 113 Å². The maximum atomic E-state index is 5.90. The van der Waals surface area contributed by atoms with Gasteiger partial charge in [0.15, 0.2) is 0 Å². The third-order valence-corrected chi connectivity index (χ3v) is 3.07. The van der Waals surface area contributed by atoms with Gasteiger partial charge in [0.2, 0.25) is 0 Å². The smallest absolute Gasteiger partial charge is 0.145 e. The van der Waals surface area contributed by atoms with Gasteiger partial charge in [0, 0.05) is 16.1 Å². The fraction of sp³-hybridized carbons (Fsp3) is 0.333. The summed E-state index contributed by atoms with van der Waals surface area (Å²) in [6.07, 6.45) is 0. The zero-order chi connectivity index (χ0) is 13.1. The summed E-state index contributed by atoms with van der Waals surface area (Å²) < 4.78 is 11.3. The molecule has 96 valence electrons. The van der Waals surface area contributed by atoms with Gasteiger partial charge in [-0.2, -0.15) is 0 Å². The molecule has 0 aliphatic heterocycles. The molecule has 2 rings (SSSR count). The van der Waals surface area contributed by atoms with Crippen molar-refractivity contribution in [2.75, 3.05) is 0 Å². The third kappa shape index (κ3) is 2.88. The Kier molecular flexibility index (Phi) is 3.98. The molecule has 1 aromatic heterocycles. The predicted octanol–water partition coefficient (Wildman–Crippen LogP) is 2.74. The van der Waals surface area contributed by atoms with Crippen molar-refractivity contribution in [1.29, 1.82) is 0 Å². The van der Waals surface area contributed by atoms with Crippen LogP contribution in [0.4, 0.5) is 0 Å². The largest absolute Gasteiger partial charge is 0.487 e. The molecule has 1 aromatic carbocycles. The van der Waals surface area contributed by atoms with Crippen LogP contribution in [0.2, 0.25) is 0 Å². The first-order chi connectivity index (χ1) is 8.58. The average molecular weight is 312 g/mol. The molecule has 18 heavy (non-hydrogen) atoms. The Balaban J connectivity index is 2.18. The van der Waals surface area contributed by atoms with Crippen molar-refractivity contribution < 1.29 is 9.37 Å². The topological polar surface area (TPSA) is 74.2 Å².